The summed E-state index contributed by atoms with van der Waals surface area (Å²) < 4.78 is 0. The summed E-state index contributed by atoms with van der Waals surface area (Å²) in [5.41, 5.74) is 1.36. The lowest BCUT2D eigenvalue weighted by atomic mass is 9.81. The molecule has 1 aromatic rings. The van der Waals surface area contributed by atoms with E-state index >= 15 is 0 Å². The Kier molecular flexibility index (Phi) is 4.34. The van der Waals surface area contributed by atoms with Crippen LogP contribution in [0, 0.1) is 5.92 Å². The second-order valence-electron chi connectivity index (χ2n) is 4.72. The monoisotopic (exact) mass is 218 g/mol. The van der Waals surface area contributed by atoms with Crippen LogP contribution in [0.3, 0.4) is 0 Å². The van der Waals surface area contributed by atoms with Gasteiger partial charge >= 0.3 is 0 Å². The summed E-state index contributed by atoms with van der Waals surface area (Å²) >= 11 is 0. The van der Waals surface area contributed by atoms with Gasteiger partial charge in [0.2, 0.25) is 0 Å². The van der Waals surface area contributed by atoms with Crippen LogP contribution in [-0.4, -0.2) is 11.5 Å². The fourth-order valence-electron chi connectivity index (χ4n) is 2.80. The third kappa shape index (κ3) is 2.82. The van der Waals surface area contributed by atoms with E-state index in [0.29, 0.717) is 6.04 Å². The Morgan fingerprint density at radius 2 is 2.19 bits per heavy atom. The van der Waals surface area contributed by atoms with Gasteiger partial charge in [0.05, 0.1) is 0 Å². The Morgan fingerprint density at radius 1 is 1.38 bits per heavy atom. The standard InChI is InChI=1S/C14H22N2/c1-2-16-14(12-7-4-3-5-8-12)13-9-6-10-15-11-13/h6,9-12,14,16H,2-5,7-8H2,1H3. The third-order valence-corrected chi connectivity index (χ3v) is 3.59. The molecule has 1 heterocycles. The molecule has 1 aliphatic rings. The maximum atomic E-state index is 4.24. The van der Waals surface area contributed by atoms with Gasteiger partial charge in [0.1, 0.15) is 0 Å². The molecule has 2 nitrogen and oxygen atoms in total. The summed E-state index contributed by atoms with van der Waals surface area (Å²) in [4.78, 5) is 4.24. The predicted molar refractivity (Wildman–Crippen MR) is 67.2 cm³/mol. The molecule has 1 saturated carbocycles. The van der Waals surface area contributed by atoms with Crippen molar-refractivity contribution in [1.82, 2.24) is 10.3 Å². The van der Waals surface area contributed by atoms with Crippen LogP contribution in [0.4, 0.5) is 0 Å². The average molecular weight is 218 g/mol. The number of aromatic nitrogens is 1. The van der Waals surface area contributed by atoms with E-state index in [9.17, 15) is 0 Å². The molecular formula is C14H22N2. The number of hydrogen-bond acceptors (Lipinski definition) is 2. The van der Waals surface area contributed by atoms with Gasteiger partial charge in [0.15, 0.2) is 0 Å². The largest absolute Gasteiger partial charge is 0.310 e. The van der Waals surface area contributed by atoms with E-state index in [2.05, 4.69) is 23.3 Å². The van der Waals surface area contributed by atoms with Crippen LogP contribution in [0.25, 0.3) is 0 Å². The van der Waals surface area contributed by atoms with Crippen molar-refractivity contribution in [2.24, 2.45) is 5.92 Å². The molecule has 1 aliphatic carbocycles. The molecule has 0 bridgehead atoms. The number of nitrogens with one attached hydrogen (secondary N) is 1. The van der Waals surface area contributed by atoms with Crippen molar-refractivity contribution in [2.75, 3.05) is 6.54 Å². The normalized spacial score (nSPS) is 19.6. The highest BCUT2D eigenvalue weighted by atomic mass is 14.9. The summed E-state index contributed by atoms with van der Waals surface area (Å²) in [6.07, 6.45) is 10.8. The Balaban J connectivity index is 2.09. The average Bonchev–Trinajstić information content (AvgIpc) is 2.38. The van der Waals surface area contributed by atoms with Crippen LogP contribution < -0.4 is 5.32 Å². The fraction of sp³-hybridized carbons (Fsp3) is 0.643. The minimum atomic E-state index is 0.513. The van der Waals surface area contributed by atoms with Crippen LogP contribution in [-0.2, 0) is 0 Å². The number of rotatable bonds is 4. The maximum absolute atomic E-state index is 4.24. The van der Waals surface area contributed by atoms with Gasteiger partial charge in [-0.1, -0.05) is 32.3 Å². The lowest BCUT2D eigenvalue weighted by molar-refractivity contribution is 0.274. The highest BCUT2D eigenvalue weighted by Crippen LogP contribution is 2.33. The smallest absolute Gasteiger partial charge is 0.0363 e. The first-order valence-electron chi connectivity index (χ1n) is 6.55. The molecule has 0 spiro atoms. The van der Waals surface area contributed by atoms with Crippen molar-refractivity contribution in [2.45, 2.75) is 45.1 Å². The fourth-order valence-corrected chi connectivity index (χ4v) is 2.80. The quantitative estimate of drug-likeness (QED) is 0.838. The van der Waals surface area contributed by atoms with Crippen LogP contribution in [0.5, 0.6) is 0 Å². The van der Waals surface area contributed by atoms with E-state index in [-0.39, 0.29) is 0 Å². The summed E-state index contributed by atoms with van der Waals surface area (Å²) in [6, 6.07) is 4.76. The number of nitrogens with zero attached hydrogens (tertiary/aromatic N) is 1. The highest BCUT2D eigenvalue weighted by Gasteiger charge is 2.24. The Bertz CT molecular complexity index is 291. The van der Waals surface area contributed by atoms with Gasteiger partial charge in [-0.3, -0.25) is 4.98 Å². The van der Waals surface area contributed by atoms with Gasteiger partial charge in [0, 0.05) is 18.4 Å². The van der Waals surface area contributed by atoms with Crippen molar-refractivity contribution in [3.05, 3.63) is 30.1 Å². The molecule has 0 radical (unpaired) electrons. The molecular weight excluding hydrogens is 196 g/mol. The third-order valence-electron chi connectivity index (χ3n) is 3.59. The first-order chi connectivity index (χ1) is 7.92. The zero-order valence-electron chi connectivity index (χ0n) is 10.2. The van der Waals surface area contributed by atoms with Gasteiger partial charge in [-0.2, -0.15) is 0 Å². The van der Waals surface area contributed by atoms with Gasteiger partial charge in [-0.15, -0.1) is 0 Å². The zero-order valence-corrected chi connectivity index (χ0v) is 10.2. The van der Waals surface area contributed by atoms with Crippen molar-refractivity contribution in [3.8, 4) is 0 Å². The zero-order chi connectivity index (χ0) is 11.2. The first kappa shape index (κ1) is 11.6. The van der Waals surface area contributed by atoms with Crippen LogP contribution in [0.2, 0.25) is 0 Å². The highest BCUT2D eigenvalue weighted by molar-refractivity contribution is 5.15. The number of hydrogen-bond donors (Lipinski definition) is 1. The lowest BCUT2D eigenvalue weighted by Gasteiger charge is -2.31. The molecule has 0 amide bonds. The van der Waals surface area contributed by atoms with Crippen LogP contribution >= 0.6 is 0 Å². The molecule has 88 valence electrons. The molecule has 0 saturated heterocycles. The molecule has 1 unspecified atom stereocenters. The Labute approximate surface area is 98.5 Å². The summed E-state index contributed by atoms with van der Waals surface area (Å²) in [6.45, 7) is 3.22. The summed E-state index contributed by atoms with van der Waals surface area (Å²) in [5.74, 6) is 0.804. The number of pyridine rings is 1. The topological polar surface area (TPSA) is 24.9 Å². The van der Waals surface area contributed by atoms with E-state index in [0.717, 1.165) is 12.5 Å². The van der Waals surface area contributed by atoms with Crippen molar-refractivity contribution >= 4 is 0 Å². The van der Waals surface area contributed by atoms with E-state index in [1.807, 2.05) is 18.5 Å². The summed E-state index contributed by atoms with van der Waals surface area (Å²) in [7, 11) is 0. The second-order valence-corrected chi connectivity index (χ2v) is 4.72. The molecule has 1 fully saturated rings. The van der Waals surface area contributed by atoms with Crippen molar-refractivity contribution in [3.63, 3.8) is 0 Å². The molecule has 1 aromatic heterocycles. The molecule has 2 rings (SSSR count). The second kappa shape index (κ2) is 6.00. The lowest BCUT2D eigenvalue weighted by Crippen LogP contribution is -2.29. The van der Waals surface area contributed by atoms with Gasteiger partial charge in [0.25, 0.3) is 0 Å². The van der Waals surface area contributed by atoms with Gasteiger partial charge < -0.3 is 5.32 Å². The van der Waals surface area contributed by atoms with Gasteiger partial charge in [-0.05, 0) is 36.9 Å². The van der Waals surface area contributed by atoms with Crippen molar-refractivity contribution in [1.29, 1.82) is 0 Å². The Morgan fingerprint density at radius 3 is 2.81 bits per heavy atom. The molecule has 0 aromatic carbocycles. The van der Waals surface area contributed by atoms with E-state index in [4.69, 9.17) is 0 Å². The molecule has 16 heavy (non-hydrogen) atoms. The molecule has 1 atom stereocenters. The van der Waals surface area contributed by atoms with E-state index < -0.39 is 0 Å². The SMILES string of the molecule is CCNC(c1cccnc1)C1CCCCC1. The van der Waals surface area contributed by atoms with Crippen molar-refractivity contribution < 1.29 is 0 Å². The van der Waals surface area contributed by atoms with Gasteiger partial charge in [-0.25, -0.2) is 0 Å². The minimum absolute atomic E-state index is 0.513. The molecule has 1 N–H and O–H groups in total. The minimum Gasteiger partial charge on any atom is -0.310 e. The summed E-state index contributed by atoms with van der Waals surface area (Å²) in [5, 5.41) is 3.63. The first-order valence-corrected chi connectivity index (χ1v) is 6.55. The van der Waals surface area contributed by atoms with E-state index in [1.54, 1.807) is 0 Å². The predicted octanol–water partition coefficient (Wildman–Crippen LogP) is 3.31. The maximum Gasteiger partial charge on any atom is 0.0363 e. The van der Waals surface area contributed by atoms with Crippen LogP contribution in [0.1, 0.15) is 50.6 Å². The molecule has 0 aliphatic heterocycles. The molecule has 2 heteroatoms. The van der Waals surface area contributed by atoms with E-state index in [1.165, 1.54) is 37.7 Å². The van der Waals surface area contributed by atoms with Crippen LogP contribution in [0.15, 0.2) is 24.5 Å². The Hall–Kier alpha value is -0.890.